The van der Waals surface area contributed by atoms with Crippen LogP contribution >= 0.6 is 18.7 Å². The molecular formula is C27H26ClF3N3O3P. The van der Waals surface area contributed by atoms with E-state index in [-0.39, 0.29) is 28.5 Å². The van der Waals surface area contributed by atoms with Crippen molar-refractivity contribution < 1.29 is 27.3 Å². The number of carbonyl (C=O) groups is 2. The lowest BCUT2D eigenvalue weighted by Crippen LogP contribution is -2.48. The fourth-order valence-corrected chi connectivity index (χ4v) is 5.91. The molecule has 200 valence electrons. The third kappa shape index (κ3) is 5.31. The van der Waals surface area contributed by atoms with Gasteiger partial charge in [-0.25, -0.2) is 18.0 Å². The van der Waals surface area contributed by atoms with Crippen LogP contribution in [0, 0.1) is 22.9 Å². The van der Waals surface area contributed by atoms with Gasteiger partial charge in [-0.2, -0.15) is 0 Å². The first-order valence-electron chi connectivity index (χ1n) is 11.7. The van der Waals surface area contributed by atoms with E-state index in [1.807, 2.05) is 0 Å². The Hall–Kier alpha value is -3.29. The van der Waals surface area contributed by atoms with Crippen LogP contribution in [0.15, 0.2) is 54.6 Å². The SMILES string of the molecule is CC1(C)CN(c2ccc(-c3ccccc3P(C)(C)=O)c(F)c2F)C(=O)C1NC(=O)Nc1ccc(Cl)cc1F. The van der Waals surface area contributed by atoms with E-state index in [0.717, 1.165) is 11.0 Å². The van der Waals surface area contributed by atoms with E-state index >= 15 is 8.78 Å². The quantitative estimate of drug-likeness (QED) is 0.361. The van der Waals surface area contributed by atoms with Gasteiger partial charge in [0.2, 0.25) is 5.91 Å². The zero-order valence-electron chi connectivity index (χ0n) is 21.1. The number of anilines is 2. The van der Waals surface area contributed by atoms with E-state index in [9.17, 15) is 18.5 Å². The molecule has 1 aliphatic rings. The number of urea groups is 1. The summed E-state index contributed by atoms with van der Waals surface area (Å²) in [6, 6.07) is 10.9. The first kappa shape index (κ1) is 27.7. The number of amides is 3. The fraction of sp³-hybridized carbons (Fsp3) is 0.259. The minimum absolute atomic E-state index is 0.0164. The number of carbonyl (C=O) groups excluding carboxylic acids is 2. The number of benzene rings is 3. The van der Waals surface area contributed by atoms with Gasteiger partial charge < -0.3 is 20.1 Å². The number of rotatable bonds is 5. The molecule has 1 unspecified atom stereocenters. The highest BCUT2D eigenvalue weighted by Crippen LogP contribution is 2.41. The van der Waals surface area contributed by atoms with E-state index in [2.05, 4.69) is 10.6 Å². The van der Waals surface area contributed by atoms with E-state index in [0.29, 0.717) is 10.9 Å². The second-order valence-corrected chi connectivity index (χ2v) is 13.8. The van der Waals surface area contributed by atoms with Crippen LogP contribution in [0.2, 0.25) is 5.02 Å². The standard InChI is InChI=1S/C27H26ClF3N3O3P/c1-27(2)14-34(25(35)24(27)33-26(36)32-19-11-9-15(28)13-18(19)29)20-12-10-17(22(30)23(20)31)16-7-5-6-8-21(16)38(3,4)37/h5-13,24H,14H2,1-4H3,(H2,32,33,36). The second kappa shape index (κ2) is 10.1. The van der Waals surface area contributed by atoms with Crippen molar-refractivity contribution in [1.29, 1.82) is 0 Å². The van der Waals surface area contributed by atoms with Crippen molar-refractivity contribution in [2.24, 2.45) is 5.41 Å². The van der Waals surface area contributed by atoms with Crippen molar-refractivity contribution >= 4 is 47.4 Å². The number of halogens is 4. The van der Waals surface area contributed by atoms with Gasteiger partial charge >= 0.3 is 6.03 Å². The maximum atomic E-state index is 15.4. The molecule has 1 atom stereocenters. The lowest BCUT2D eigenvalue weighted by atomic mass is 9.87. The summed E-state index contributed by atoms with van der Waals surface area (Å²) in [7, 11) is -2.80. The molecule has 0 saturated carbocycles. The van der Waals surface area contributed by atoms with Crippen molar-refractivity contribution in [2.75, 3.05) is 30.1 Å². The smallest absolute Gasteiger partial charge is 0.319 e. The fourth-order valence-electron chi connectivity index (χ4n) is 4.53. The Morgan fingerprint density at radius 1 is 1.03 bits per heavy atom. The summed E-state index contributed by atoms with van der Waals surface area (Å²) in [5.41, 5.74) is -1.07. The highest BCUT2D eigenvalue weighted by molar-refractivity contribution is 7.70. The number of nitrogens with zero attached hydrogens (tertiary/aromatic N) is 1. The first-order chi connectivity index (χ1) is 17.7. The highest BCUT2D eigenvalue weighted by Gasteiger charge is 2.48. The Morgan fingerprint density at radius 3 is 2.37 bits per heavy atom. The molecular weight excluding hydrogens is 538 g/mol. The summed E-state index contributed by atoms with van der Waals surface area (Å²) >= 11 is 5.73. The van der Waals surface area contributed by atoms with Crippen LogP contribution in [0.25, 0.3) is 11.1 Å². The van der Waals surface area contributed by atoms with E-state index < -0.39 is 48.0 Å². The molecule has 11 heteroatoms. The van der Waals surface area contributed by atoms with Gasteiger partial charge in [0, 0.05) is 27.9 Å². The van der Waals surface area contributed by atoms with Crippen molar-refractivity contribution in [3.05, 3.63) is 77.1 Å². The molecule has 3 aromatic rings. The molecule has 1 heterocycles. The molecule has 1 saturated heterocycles. The minimum Gasteiger partial charge on any atom is -0.325 e. The van der Waals surface area contributed by atoms with Gasteiger partial charge in [-0.3, -0.25) is 4.79 Å². The van der Waals surface area contributed by atoms with E-state index in [1.54, 1.807) is 51.4 Å². The summed E-state index contributed by atoms with van der Waals surface area (Å²) in [4.78, 5) is 26.9. The average molecular weight is 564 g/mol. The largest absolute Gasteiger partial charge is 0.325 e. The molecule has 0 aromatic heterocycles. The van der Waals surface area contributed by atoms with Crippen molar-refractivity contribution in [3.63, 3.8) is 0 Å². The zero-order valence-corrected chi connectivity index (χ0v) is 22.8. The van der Waals surface area contributed by atoms with Gasteiger partial charge in [0.15, 0.2) is 11.6 Å². The molecule has 0 radical (unpaired) electrons. The molecule has 3 amide bonds. The van der Waals surface area contributed by atoms with E-state index in [4.69, 9.17) is 11.6 Å². The molecule has 6 nitrogen and oxygen atoms in total. The molecule has 0 aliphatic carbocycles. The number of hydrogen-bond acceptors (Lipinski definition) is 3. The van der Waals surface area contributed by atoms with Crippen molar-refractivity contribution in [1.82, 2.24) is 5.32 Å². The number of nitrogens with one attached hydrogen (secondary N) is 2. The maximum absolute atomic E-state index is 15.4. The van der Waals surface area contributed by atoms with Crippen LogP contribution in [-0.4, -0.2) is 37.9 Å². The average Bonchev–Trinajstić information content (AvgIpc) is 3.05. The topological polar surface area (TPSA) is 78.5 Å². The molecule has 38 heavy (non-hydrogen) atoms. The van der Waals surface area contributed by atoms with E-state index in [1.165, 1.54) is 24.3 Å². The zero-order chi connectivity index (χ0) is 28.0. The van der Waals surface area contributed by atoms with Crippen LogP contribution in [0.3, 0.4) is 0 Å². The van der Waals surface area contributed by atoms with Gasteiger partial charge in [0.05, 0.1) is 11.4 Å². The molecule has 1 fully saturated rings. The predicted molar refractivity (Wildman–Crippen MR) is 144 cm³/mol. The summed E-state index contributed by atoms with van der Waals surface area (Å²) in [5, 5.41) is 5.41. The maximum Gasteiger partial charge on any atom is 0.319 e. The van der Waals surface area contributed by atoms with Crippen molar-refractivity contribution in [3.8, 4) is 11.1 Å². The highest BCUT2D eigenvalue weighted by atomic mass is 35.5. The molecule has 0 spiro atoms. The molecule has 4 rings (SSSR count). The van der Waals surface area contributed by atoms with Gasteiger partial charge in [0.25, 0.3) is 0 Å². The molecule has 2 N–H and O–H groups in total. The van der Waals surface area contributed by atoms with Crippen LogP contribution < -0.4 is 20.8 Å². The lowest BCUT2D eigenvalue weighted by molar-refractivity contribution is -0.119. The minimum atomic E-state index is -2.80. The normalized spacial score (nSPS) is 17.0. The van der Waals surface area contributed by atoms with Gasteiger partial charge in [0.1, 0.15) is 19.0 Å². The Balaban J connectivity index is 1.61. The third-order valence-corrected chi connectivity index (χ3v) is 8.23. The summed E-state index contributed by atoms with van der Waals surface area (Å²) in [5.74, 6) is -3.83. The Bertz CT molecular complexity index is 1490. The van der Waals surface area contributed by atoms with Crippen LogP contribution in [0.5, 0.6) is 0 Å². The first-order valence-corrected chi connectivity index (χ1v) is 14.7. The summed E-state index contributed by atoms with van der Waals surface area (Å²) < 4.78 is 57.6. The Labute approximate surface area is 223 Å². The van der Waals surface area contributed by atoms with Gasteiger partial charge in [-0.15, -0.1) is 0 Å². The monoisotopic (exact) mass is 563 g/mol. The van der Waals surface area contributed by atoms with Crippen LogP contribution in [0.1, 0.15) is 13.8 Å². The van der Waals surface area contributed by atoms with Gasteiger partial charge in [-0.05, 0) is 49.2 Å². The van der Waals surface area contributed by atoms with Crippen LogP contribution in [-0.2, 0) is 9.36 Å². The molecule has 0 bridgehead atoms. The number of hydrogen-bond donors (Lipinski definition) is 2. The Morgan fingerprint density at radius 2 is 1.71 bits per heavy atom. The third-order valence-electron chi connectivity index (χ3n) is 6.44. The Kier molecular flexibility index (Phi) is 7.38. The summed E-state index contributed by atoms with van der Waals surface area (Å²) in [6.45, 7) is 6.46. The van der Waals surface area contributed by atoms with Crippen LogP contribution in [0.4, 0.5) is 29.3 Å². The summed E-state index contributed by atoms with van der Waals surface area (Å²) in [6.07, 6.45) is 0. The molecule has 1 aliphatic heterocycles. The second-order valence-electron chi connectivity index (χ2n) is 10.2. The predicted octanol–water partition coefficient (Wildman–Crippen LogP) is 6.24. The van der Waals surface area contributed by atoms with Crippen molar-refractivity contribution in [2.45, 2.75) is 19.9 Å². The lowest BCUT2D eigenvalue weighted by Gasteiger charge is -2.24. The van der Waals surface area contributed by atoms with Gasteiger partial charge in [-0.1, -0.05) is 49.7 Å². The molecule has 3 aromatic carbocycles.